The fourth-order valence-corrected chi connectivity index (χ4v) is 3.35. The van der Waals surface area contributed by atoms with E-state index in [9.17, 15) is 5.26 Å². The topological polar surface area (TPSA) is 45.4 Å². The van der Waals surface area contributed by atoms with E-state index in [0.29, 0.717) is 12.3 Å². The maximum absolute atomic E-state index is 9.28. The van der Waals surface area contributed by atoms with Gasteiger partial charge in [0.2, 0.25) is 0 Å². The fourth-order valence-electron chi connectivity index (χ4n) is 3.11. The first-order valence-corrected chi connectivity index (χ1v) is 8.11. The third kappa shape index (κ3) is 2.69. The summed E-state index contributed by atoms with van der Waals surface area (Å²) in [5.74, 6) is 0.209. The number of nitriles is 1. The van der Waals surface area contributed by atoms with Crippen LogP contribution in [-0.2, 0) is 4.74 Å². The highest BCUT2D eigenvalue weighted by Gasteiger charge is 2.33. The molecule has 0 aromatic rings. The zero-order valence-electron chi connectivity index (χ0n) is 12.5. The van der Waals surface area contributed by atoms with Crippen molar-refractivity contribution in [3.63, 3.8) is 0 Å². The third-order valence-corrected chi connectivity index (χ3v) is 4.88. The van der Waals surface area contributed by atoms with Gasteiger partial charge in [0.15, 0.2) is 0 Å². The Bertz CT molecular complexity index is 646. The molecule has 0 spiro atoms. The summed E-state index contributed by atoms with van der Waals surface area (Å²) in [4.78, 5) is 4.73. The van der Waals surface area contributed by atoms with Gasteiger partial charge in [-0.2, -0.15) is 5.26 Å². The zero-order chi connectivity index (χ0) is 15.7. The summed E-state index contributed by atoms with van der Waals surface area (Å²) in [6.45, 7) is 9.13. The van der Waals surface area contributed by atoms with Gasteiger partial charge in [-0.25, -0.2) is 0 Å². The van der Waals surface area contributed by atoms with E-state index in [0.717, 1.165) is 47.6 Å². The van der Waals surface area contributed by atoms with E-state index < -0.39 is 0 Å². The molecule has 22 heavy (non-hydrogen) atoms. The molecule has 3 nitrogen and oxygen atoms in total. The van der Waals surface area contributed by atoms with Crippen molar-refractivity contribution in [1.29, 1.82) is 5.26 Å². The molecule has 4 heteroatoms. The summed E-state index contributed by atoms with van der Waals surface area (Å²) < 4.78 is 5.56. The largest absolute Gasteiger partial charge is 0.378 e. The summed E-state index contributed by atoms with van der Waals surface area (Å²) in [5.41, 5.74) is 4.72. The lowest BCUT2D eigenvalue weighted by molar-refractivity contribution is -0.0572. The number of halogens is 1. The first kappa shape index (κ1) is 15.3. The average Bonchev–Trinajstić information content (AvgIpc) is 2.63. The number of rotatable bonds is 3. The second-order valence-corrected chi connectivity index (χ2v) is 6.24. The molecule has 3 aliphatic rings. The molecular weight excluding hydrogens is 296 g/mol. The molecule has 2 aliphatic heterocycles. The number of hydrogen-bond acceptors (Lipinski definition) is 3. The number of nitrogens with zero attached hydrogens (tertiary/aromatic N) is 2. The van der Waals surface area contributed by atoms with Crippen LogP contribution in [0.4, 0.5) is 0 Å². The molecule has 2 heterocycles. The molecule has 0 aromatic heterocycles. The van der Waals surface area contributed by atoms with Gasteiger partial charge < -0.3 is 4.74 Å². The molecule has 1 aliphatic carbocycles. The van der Waals surface area contributed by atoms with Gasteiger partial charge in [-0.1, -0.05) is 24.8 Å². The number of aliphatic imine (C=N–C) groups is 1. The van der Waals surface area contributed by atoms with Gasteiger partial charge in [0.05, 0.1) is 29.7 Å². The van der Waals surface area contributed by atoms with E-state index >= 15 is 0 Å². The lowest BCUT2D eigenvalue weighted by Gasteiger charge is -2.34. The van der Waals surface area contributed by atoms with Gasteiger partial charge in [0.1, 0.15) is 0 Å². The van der Waals surface area contributed by atoms with E-state index in [2.05, 4.69) is 25.3 Å². The van der Waals surface area contributed by atoms with Crippen molar-refractivity contribution < 1.29 is 4.74 Å². The van der Waals surface area contributed by atoms with Crippen molar-refractivity contribution in [2.24, 2.45) is 16.8 Å². The van der Waals surface area contributed by atoms with Crippen molar-refractivity contribution in [2.75, 3.05) is 12.5 Å². The second kappa shape index (κ2) is 6.24. The molecule has 0 saturated carbocycles. The molecule has 0 amide bonds. The van der Waals surface area contributed by atoms with E-state index in [1.165, 1.54) is 0 Å². The Morgan fingerprint density at radius 1 is 1.45 bits per heavy atom. The third-order valence-electron chi connectivity index (χ3n) is 4.61. The first-order valence-electron chi connectivity index (χ1n) is 7.58. The van der Waals surface area contributed by atoms with Crippen LogP contribution in [0.1, 0.15) is 19.3 Å². The molecular formula is C18H19ClN2O. The molecule has 3 rings (SSSR count). The number of allylic oxidation sites excluding steroid dienone is 4. The van der Waals surface area contributed by atoms with Gasteiger partial charge in [-0.3, -0.25) is 4.99 Å². The Morgan fingerprint density at radius 2 is 2.23 bits per heavy atom. The van der Waals surface area contributed by atoms with E-state index in [1.807, 2.05) is 6.08 Å². The summed E-state index contributed by atoms with van der Waals surface area (Å²) in [7, 11) is 0. The molecule has 0 radical (unpaired) electrons. The predicted octanol–water partition coefficient (Wildman–Crippen LogP) is 3.94. The van der Waals surface area contributed by atoms with E-state index in [1.54, 1.807) is 0 Å². The highest BCUT2D eigenvalue weighted by molar-refractivity contribution is 6.29. The van der Waals surface area contributed by atoms with Gasteiger partial charge in [0.25, 0.3) is 0 Å². The molecule has 1 saturated heterocycles. The van der Waals surface area contributed by atoms with Gasteiger partial charge >= 0.3 is 0 Å². The predicted molar refractivity (Wildman–Crippen MR) is 88.8 cm³/mol. The molecule has 0 aromatic carbocycles. The average molecular weight is 315 g/mol. The molecule has 0 bridgehead atoms. The maximum Gasteiger partial charge on any atom is 0.0877 e. The summed E-state index contributed by atoms with van der Waals surface area (Å²) in [6, 6.07) is 2.27. The van der Waals surface area contributed by atoms with Crippen LogP contribution in [0.3, 0.4) is 0 Å². The Hall–Kier alpha value is -1.63. The summed E-state index contributed by atoms with van der Waals surface area (Å²) in [5, 5.41) is 9.28. The van der Waals surface area contributed by atoms with E-state index in [-0.39, 0.29) is 17.9 Å². The SMILES string of the molecule is C=C1CC=C2C(=C)C(C[C@@H]3CCO3)C(CCl)=NC2=CC1C#N. The Kier molecular flexibility index (Phi) is 4.33. The number of alkyl halides is 1. The van der Waals surface area contributed by atoms with E-state index in [4.69, 9.17) is 21.3 Å². The van der Waals surface area contributed by atoms with Crippen LogP contribution in [0.15, 0.2) is 52.7 Å². The molecule has 1 fully saturated rings. The van der Waals surface area contributed by atoms with Crippen molar-refractivity contribution in [2.45, 2.75) is 25.4 Å². The highest BCUT2D eigenvalue weighted by Crippen LogP contribution is 2.39. The van der Waals surface area contributed by atoms with Crippen molar-refractivity contribution >= 4 is 17.3 Å². The van der Waals surface area contributed by atoms with Crippen molar-refractivity contribution in [1.82, 2.24) is 0 Å². The molecule has 114 valence electrons. The van der Waals surface area contributed by atoms with Crippen LogP contribution in [0.5, 0.6) is 0 Å². The quantitative estimate of drug-likeness (QED) is 0.585. The smallest absolute Gasteiger partial charge is 0.0877 e. The summed E-state index contributed by atoms with van der Waals surface area (Å²) in [6.07, 6.45) is 6.93. The summed E-state index contributed by atoms with van der Waals surface area (Å²) >= 11 is 6.11. The number of hydrogen-bond donors (Lipinski definition) is 0. The van der Waals surface area contributed by atoms with Crippen LogP contribution in [0, 0.1) is 23.2 Å². The zero-order valence-corrected chi connectivity index (χ0v) is 13.3. The molecule has 2 unspecified atom stereocenters. The van der Waals surface area contributed by atoms with Crippen molar-refractivity contribution in [3.05, 3.63) is 47.7 Å². The van der Waals surface area contributed by atoms with Crippen LogP contribution in [0.25, 0.3) is 0 Å². The van der Waals surface area contributed by atoms with Crippen molar-refractivity contribution in [3.8, 4) is 6.07 Å². The molecule has 3 atom stereocenters. The van der Waals surface area contributed by atoms with Gasteiger partial charge in [0, 0.05) is 18.2 Å². The molecule has 0 N–H and O–H groups in total. The van der Waals surface area contributed by atoms with Gasteiger partial charge in [-0.05, 0) is 36.5 Å². The fraction of sp³-hybridized carbons (Fsp3) is 0.444. The highest BCUT2D eigenvalue weighted by atomic mass is 35.5. The Morgan fingerprint density at radius 3 is 2.82 bits per heavy atom. The second-order valence-electron chi connectivity index (χ2n) is 5.97. The lowest BCUT2D eigenvalue weighted by Crippen LogP contribution is -2.34. The standard InChI is InChI=1S/C18H19ClN2O/c1-11-3-4-15-12(2)16(8-14-5-6-22-14)18(9-19)21-17(15)7-13(11)10-20/h4,7,13-14,16H,1-3,5-6,8-9H2/t13?,14-,16?/m0/s1. The van der Waals surface area contributed by atoms with Gasteiger partial charge in [-0.15, -0.1) is 11.6 Å². The first-order chi connectivity index (χ1) is 10.6. The van der Waals surface area contributed by atoms with Crippen LogP contribution < -0.4 is 0 Å². The Balaban J connectivity index is 1.97. The number of ether oxygens (including phenoxy) is 1. The lowest BCUT2D eigenvalue weighted by atomic mass is 9.81. The van der Waals surface area contributed by atoms with Crippen LogP contribution >= 0.6 is 11.6 Å². The monoisotopic (exact) mass is 314 g/mol. The minimum Gasteiger partial charge on any atom is -0.378 e. The van der Waals surface area contributed by atoms with Crippen LogP contribution in [0.2, 0.25) is 0 Å². The normalized spacial score (nSPS) is 31.1. The number of fused-ring (bicyclic) bond motifs is 1. The minimum atomic E-state index is -0.302. The Labute approximate surface area is 136 Å². The minimum absolute atomic E-state index is 0.137. The maximum atomic E-state index is 9.28. The van der Waals surface area contributed by atoms with Crippen LogP contribution in [-0.4, -0.2) is 24.3 Å².